The summed E-state index contributed by atoms with van der Waals surface area (Å²) in [5.74, 6) is 0.195. The van der Waals surface area contributed by atoms with Crippen molar-refractivity contribution < 1.29 is 5.11 Å². The lowest BCUT2D eigenvalue weighted by Gasteiger charge is -2.10. The summed E-state index contributed by atoms with van der Waals surface area (Å²) in [7, 11) is 1.96. The number of hydrogen-bond acceptors (Lipinski definition) is 6. The number of rotatable bonds is 4. The van der Waals surface area contributed by atoms with E-state index in [1.807, 2.05) is 57.8 Å². The molecule has 0 fully saturated rings. The summed E-state index contributed by atoms with van der Waals surface area (Å²) >= 11 is 0. The molecule has 1 aliphatic heterocycles. The standard InChI is InChI=1S/C20H21N7O/c1-13(28)18-10-22-19-5-3-14(11-26(18)19)7-16-9-21-20-6-4-17(24-27(16)20)15-8-23-25(2)12-15/h3-6,8-11,13,15,28H,7,12H2,1-2H3. The van der Waals surface area contributed by atoms with E-state index in [9.17, 15) is 5.11 Å². The van der Waals surface area contributed by atoms with Crippen molar-refractivity contribution in [1.29, 1.82) is 0 Å². The fourth-order valence-electron chi connectivity index (χ4n) is 3.66. The van der Waals surface area contributed by atoms with Crippen LogP contribution in [0.5, 0.6) is 0 Å². The maximum absolute atomic E-state index is 9.95. The first-order valence-electron chi connectivity index (χ1n) is 9.31. The van der Waals surface area contributed by atoms with E-state index in [2.05, 4.69) is 21.1 Å². The second kappa shape index (κ2) is 6.42. The molecule has 8 nitrogen and oxygen atoms in total. The van der Waals surface area contributed by atoms with Crippen LogP contribution in [-0.2, 0) is 6.42 Å². The van der Waals surface area contributed by atoms with Crippen molar-refractivity contribution >= 4 is 17.5 Å². The van der Waals surface area contributed by atoms with Crippen molar-refractivity contribution in [2.45, 2.75) is 25.4 Å². The van der Waals surface area contributed by atoms with Crippen LogP contribution in [0.15, 0.2) is 48.0 Å². The van der Waals surface area contributed by atoms with Gasteiger partial charge in [0, 0.05) is 32.4 Å². The van der Waals surface area contributed by atoms with Crippen molar-refractivity contribution in [2.75, 3.05) is 13.6 Å². The normalized spacial score (nSPS) is 17.8. The highest BCUT2D eigenvalue weighted by Gasteiger charge is 2.19. The van der Waals surface area contributed by atoms with Gasteiger partial charge in [0.15, 0.2) is 5.65 Å². The van der Waals surface area contributed by atoms with Crippen molar-refractivity contribution in [3.05, 3.63) is 65.5 Å². The van der Waals surface area contributed by atoms with Gasteiger partial charge in [0.05, 0.1) is 41.5 Å². The van der Waals surface area contributed by atoms with E-state index in [-0.39, 0.29) is 5.92 Å². The Morgan fingerprint density at radius 2 is 1.96 bits per heavy atom. The molecule has 0 aliphatic carbocycles. The minimum atomic E-state index is -0.573. The molecule has 2 atom stereocenters. The van der Waals surface area contributed by atoms with Gasteiger partial charge in [-0.1, -0.05) is 6.07 Å². The Hall–Kier alpha value is -3.26. The molecule has 2 unspecified atom stereocenters. The molecule has 4 aromatic rings. The quantitative estimate of drug-likeness (QED) is 0.590. The fourth-order valence-corrected chi connectivity index (χ4v) is 3.66. The number of aliphatic hydroxyl groups is 1. The number of hydrogen-bond donors (Lipinski definition) is 1. The molecule has 0 radical (unpaired) electrons. The summed E-state index contributed by atoms with van der Waals surface area (Å²) in [4.78, 5) is 8.84. The van der Waals surface area contributed by atoms with Crippen LogP contribution in [0, 0.1) is 0 Å². The number of pyridine rings is 1. The van der Waals surface area contributed by atoms with E-state index < -0.39 is 6.10 Å². The summed E-state index contributed by atoms with van der Waals surface area (Å²) < 4.78 is 3.85. The second-order valence-corrected chi connectivity index (χ2v) is 7.29. The summed E-state index contributed by atoms with van der Waals surface area (Å²) in [6, 6.07) is 8.04. The van der Waals surface area contributed by atoms with Gasteiger partial charge in [0.2, 0.25) is 0 Å². The highest BCUT2D eigenvalue weighted by molar-refractivity contribution is 5.69. The zero-order chi connectivity index (χ0) is 19.3. The number of fused-ring (bicyclic) bond motifs is 2. The van der Waals surface area contributed by atoms with Crippen molar-refractivity contribution in [3.8, 4) is 0 Å². The lowest BCUT2D eigenvalue weighted by molar-refractivity contribution is 0.193. The van der Waals surface area contributed by atoms with Gasteiger partial charge < -0.3 is 9.51 Å². The first-order chi connectivity index (χ1) is 13.6. The monoisotopic (exact) mass is 375 g/mol. The van der Waals surface area contributed by atoms with Crippen LogP contribution in [0.4, 0.5) is 0 Å². The number of hydrazone groups is 1. The Bertz CT molecular complexity index is 1190. The Kier molecular flexibility index (Phi) is 3.87. The third-order valence-electron chi connectivity index (χ3n) is 5.15. The van der Waals surface area contributed by atoms with Gasteiger partial charge in [-0.15, -0.1) is 0 Å². The van der Waals surface area contributed by atoms with E-state index in [4.69, 9.17) is 5.10 Å². The molecular formula is C20H21N7O. The minimum Gasteiger partial charge on any atom is -0.387 e. The lowest BCUT2D eigenvalue weighted by Crippen LogP contribution is -2.14. The zero-order valence-corrected chi connectivity index (χ0v) is 15.8. The van der Waals surface area contributed by atoms with Crippen molar-refractivity contribution in [3.63, 3.8) is 0 Å². The average Bonchev–Trinajstić information content (AvgIpc) is 3.40. The van der Waals surface area contributed by atoms with Crippen LogP contribution >= 0.6 is 0 Å². The molecule has 5 rings (SSSR count). The minimum absolute atomic E-state index is 0.195. The van der Waals surface area contributed by atoms with E-state index in [1.54, 1.807) is 13.1 Å². The summed E-state index contributed by atoms with van der Waals surface area (Å²) in [6.07, 6.45) is 7.66. The Morgan fingerprint density at radius 3 is 2.75 bits per heavy atom. The molecule has 0 aromatic carbocycles. The third kappa shape index (κ3) is 2.82. The molecule has 0 amide bonds. The van der Waals surface area contributed by atoms with E-state index in [0.717, 1.165) is 40.5 Å². The molecule has 0 bridgehead atoms. The zero-order valence-electron chi connectivity index (χ0n) is 15.8. The van der Waals surface area contributed by atoms with Gasteiger partial charge >= 0.3 is 0 Å². The van der Waals surface area contributed by atoms with Gasteiger partial charge in [-0.25, -0.2) is 14.5 Å². The number of aliphatic hydroxyl groups excluding tert-OH is 1. The predicted molar refractivity (Wildman–Crippen MR) is 105 cm³/mol. The molecule has 0 saturated carbocycles. The SMILES string of the molecule is CC(O)c1cnc2ccc(Cc3cnc4ccc(C5C=NN(C)C5)nn34)cn12. The van der Waals surface area contributed by atoms with E-state index in [1.165, 1.54) is 0 Å². The van der Waals surface area contributed by atoms with Gasteiger partial charge in [-0.05, 0) is 30.7 Å². The fraction of sp³-hybridized carbons (Fsp3) is 0.300. The van der Waals surface area contributed by atoms with Gasteiger partial charge in [-0.3, -0.25) is 5.01 Å². The molecule has 0 spiro atoms. The van der Waals surface area contributed by atoms with Crippen LogP contribution < -0.4 is 0 Å². The topological polar surface area (TPSA) is 83.3 Å². The van der Waals surface area contributed by atoms with Crippen LogP contribution in [0.3, 0.4) is 0 Å². The molecule has 0 saturated heterocycles. The average molecular weight is 375 g/mol. The number of likely N-dealkylation sites (N-methyl/N-ethyl adjacent to an activating group) is 1. The lowest BCUT2D eigenvalue weighted by atomic mass is 10.1. The van der Waals surface area contributed by atoms with E-state index in [0.29, 0.717) is 6.42 Å². The molecule has 4 aromatic heterocycles. The van der Waals surface area contributed by atoms with Crippen LogP contribution in [-0.4, -0.2) is 53.9 Å². The Labute approximate surface area is 161 Å². The largest absolute Gasteiger partial charge is 0.387 e. The van der Waals surface area contributed by atoms with E-state index >= 15 is 0 Å². The third-order valence-corrected chi connectivity index (χ3v) is 5.15. The molecular weight excluding hydrogens is 354 g/mol. The molecule has 1 N–H and O–H groups in total. The number of aromatic nitrogens is 5. The highest BCUT2D eigenvalue weighted by Crippen LogP contribution is 2.20. The van der Waals surface area contributed by atoms with Crippen molar-refractivity contribution in [1.82, 2.24) is 29.0 Å². The second-order valence-electron chi connectivity index (χ2n) is 7.29. The summed E-state index contributed by atoms with van der Waals surface area (Å²) in [5.41, 5.74) is 5.53. The number of nitrogens with zero attached hydrogens (tertiary/aromatic N) is 7. The smallest absolute Gasteiger partial charge is 0.153 e. The Balaban J connectivity index is 1.50. The van der Waals surface area contributed by atoms with Crippen LogP contribution in [0.2, 0.25) is 0 Å². The first kappa shape index (κ1) is 16.9. The Morgan fingerprint density at radius 1 is 1.14 bits per heavy atom. The maximum atomic E-state index is 9.95. The number of imidazole rings is 2. The summed E-state index contributed by atoms with van der Waals surface area (Å²) in [5, 5.41) is 21.0. The molecule has 5 heterocycles. The molecule has 8 heteroatoms. The molecule has 28 heavy (non-hydrogen) atoms. The van der Waals surface area contributed by atoms with Crippen molar-refractivity contribution in [2.24, 2.45) is 5.10 Å². The highest BCUT2D eigenvalue weighted by atomic mass is 16.3. The van der Waals surface area contributed by atoms with Gasteiger partial charge in [0.25, 0.3) is 0 Å². The first-order valence-corrected chi connectivity index (χ1v) is 9.31. The molecule has 142 valence electrons. The molecule has 1 aliphatic rings. The van der Waals surface area contributed by atoms with Crippen LogP contribution in [0.1, 0.15) is 41.6 Å². The maximum Gasteiger partial charge on any atom is 0.153 e. The summed E-state index contributed by atoms with van der Waals surface area (Å²) in [6.45, 7) is 2.58. The van der Waals surface area contributed by atoms with Gasteiger partial charge in [0.1, 0.15) is 5.65 Å². The van der Waals surface area contributed by atoms with Crippen LogP contribution in [0.25, 0.3) is 11.3 Å². The van der Waals surface area contributed by atoms with Gasteiger partial charge in [-0.2, -0.15) is 10.2 Å². The predicted octanol–water partition coefficient (Wildman–Crippen LogP) is 2.04.